The highest BCUT2D eigenvalue weighted by Gasteiger charge is 2.14. The molecular formula is C30H52O13S. The van der Waals surface area contributed by atoms with Crippen molar-refractivity contribution in [1.82, 2.24) is 0 Å². The minimum absolute atomic E-state index is 0.0531. The normalized spacial score (nSPS) is 11.6. The molecule has 14 heteroatoms. The largest absolute Gasteiger partial charge is 0.379 e. The SMILES string of the molecule is Cc1ccc(S(=O)(=O)OCCOCCOCCOCCOCCOCCOCCOCCOCCC(C)(C)C)cc1.O=C=O. The van der Waals surface area contributed by atoms with Crippen LogP contribution >= 0.6 is 0 Å². The number of hydrogen-bond donors (Lipinski definition) is 0. The molecule has 0 N–H and O–H groups in total. The number of rotatable bonds is 28. The summed E-state index contributed by atoms with van der Waals surface area (Å²) in [4.78, 5) is 16.4. The van der Waals surface area contributed by atoms with Gasteiger partial charge in [0.25, 0.3) is 10.1 Å². The predicted molar refractivity (Wildman–Crippen MR) is 160 cm³/mol. The van der Waals surface area contributed by atoms with E-state index >= 15 is 0 Å². The van der Waals surface area contributed by atoms with Crippen LogP contribution in [0.5, 0.6) is 0 Å². The van der Waals surface area contributed by atoms with Crippen LogP contribution in [0.3, 0.4) is 0 Å². The summed E-state index contributed by atoms with van der Waals surface area (Å²) in [6, 6.07) is 6.49. The lowest BCUT2D eigenvalue weighted by atomic mass is 9.93. The smallest absolute Gasteiger partial charge is 0.373 e. The molecule has 0 aliphatic carbocycles. The Balaban J connectivity index is 0.00000590. The van der Waals surface area contributed by atoms with Crippen molar-refractivity contribution in [2.24, 2.45) is 5.41 Å². The van der Waals surface area contributed by atoms with E-state index in [1.165, 1.54) is 12.1 Å². The summed E-state index contributed by atoms with van der Waals surface area (Å²) in [5, 5.41) is 0. The predicted octanol–water partition coefficient (Wildman–Crippen LogP) is 2.69. The minimum Gasteiger partial charge on any atom is -0.379 e. The Morgan fingerprint density at radius 1 is 0.523 bits per heavy atom. The van der Waals surface area contributed by atoms with Gasteiger partial charge in [0.15, 0.2) is 0 Å². The van der Waals surface area contributed by atoms with Crippen LogP contribution < -0.4 is 0 Å². The molecule has 256 valence electrons. The second-order valence-electron chi connectivity index (χ2n) is 10.4. The monoisotopic (exact) mass is 652 g/mol. The highest BCUT2D eigenvalue weighted by Crippen LogP contribution is 2.17. The van der Waals surface area contributed by atoms with Crippen LogP contribution in [0, 0.1) is 12.3 Å². The van der Waals surface area contributed by atoms with Crippen LogP contribution in [-0.2, 0) is 61.8 Å². The zero-order valence-electron chi connectivity index (χ0n) is 26.8. The van der Waals surface area contributed by atoms with Gasteiger partial charge < -0.3 is 37.9 Å². The molecule has 44 heavy (non-hydrogen) atoms. The molecule has 1 aromatic carbocycles. The van der Waals surface area contributed by atoms with Gasteiger partial charge in [0.2, 0.25) is 0 Å². The molecule has 13 nitrogen and oxygen atoms in total. The van der Waals surface area contributed by atoms with E-state index in [9.17, 15) is 8.42 Å². The molecule has 0 heterocycles. The second-order valence-corrected chi connectivity index (χ2v) is 12.0. The molecule has 0 aliphatic rings. The van der Waals surface area contributed by atoms with Gasteiger partial charge in [-0.1, -0.05) is 38.5 Å². The first-order valence-corrected chi connectivity index (χ1v) is 16.1. The van der Waals surface area contributed by atoms with Gasteiger partial charge in [-0.05, 0) is 30.9 Å². The fraction of sp³-hybridized carbons (Fsp3) is 0.767. The molecule has 0 aliphatic heterocycles. The van der Waals surface area contributed by atoms with Crippen LogP contribution in [0.4, 0.5) is 0 Å². The summed E-state index contributed by atoms with van der Waals surface area (Å²) in [5.74, 6) is 0. The van der Waals surface area contributed by atoms with Gasteiger partial charge in [0.05, 0.1) is 111 Å². The Labute approximate surface area is 262 Å². The number of hydrogen-bond acceptors (Lipinski definition) is 13. The molecule has 0 atom stereocenters. The first kappa shape index (κ1) is 42.2. The lowest BCUT2D eigenvalue weighted by Crippen LogP contribution is -2.15. The van der Waals surface area contributed by atoms with Gasteiger partial charge in [-0.15, -0.1) is 0 Å². The molecule has 0 amide bonds. The summed E-state index contributed by atoms with van der Waals surface area (Å²) >= 11 is 0. The maximum absolute atomic E-state index is 12.1. The zero-order chi connectivity index (χ0) is 32.8. The maximum Gasteiger partial charge on any atom is 0.373 e. The molecule has 0 unspecified atom stereocenters. The minimum atomic E-state index is -3.77. The third-order valence-corrected chi connectivity index (χ3v) is 6.70. The summed E-state index contributed by atoms with van der Waals surface area (Å²) < 4.78 is 72.6. The van der Waals surface area contributed by atoms with E-state index in [1.807, 2.05) is 6.92 Å². The average Bonchev–Trinajstić information content (AvgIpc) is 2.97. The Kier molecular flexibility index (Phi) is 27.5. The van der Waals surface area contributed by atoms with Crippen molar-refractivity contribution in [2.75, 3.05) is 112 Å². The third kappa shape index (κ3) is 28.9. The van der Waals surface area contributed by atoms with Crippen molar-refractivity contribution in [3.8, 4) is 0 Å². The molecular weight excluding hydrogens is 600 g/mol. The van der Waals surface area contributed by atoms with Crippen LogP contribution in [0.1, 0.15) is 32.8 Å². The molecule has 0 saturated heterocycles. The van der Waals surface area contributed by atoms with E-state index in [0.717, 1.165) is 18.6 Å². The molecule has 0 radical (unpaired) electrons. The molecule has 0 spiro atoms. The molecule has 1 aromatic rings. The zero-order valence-corrected chi connectivity index (χ0v) is 27.6. The van der Waals surface area contributed by atoms with Gasteiger partial charge in [-0.2, -0.15) is 18.0 Å². The second kappa shape index (κ2) is 28.6. The number of benzene rings is 1. The lowest BCUT2D eigenvalue weighted by Gasteiger charge is -2.17. The number of ether oxygens (including phenoxy) is 8. The molecule has 0 bridgehead atoms. The van der Waals surface area contributed by atoms with Crippen molar-refractivity contribution >= 4 is 16.3 Å². The lowest BCUT2D eigenvalue weighted by molar-refractivity contribution is -0.191. The van der Waals surface area contributed by atoms with Crippen LogP contribution in [0.2, 0.25) is 0 Å². The fourth-order valence-corrected chi connectivity index (χ4v) is 3.89. The van der Waals surface area contributed by atoms with Gasteiger partial charge in [0.1, 0.15) is 0 Å². The summed E-state index contributed by atoms with van der Waals surface area (Å²) in [6.45, 7) is 16.2. The summed E-state index contributed by atoms with van der Waals surface area (Å²) in [6.07, 6.45) is 1.29. The van der Waals surface area contributed by atoms with E-state index in [2.05, 4.69) is 20.8 Å². The quantitative estimate of drug-likeness (QED) is 0.0965. The Morgan fingerprint density at radius 3 is 1.09 bits per heavy atom. The number of carbonyl (C=O) groups excluding carboxylic acids is 2. The molecule has 0 aromatic heterocycles. The van der Waals surface area contributed by atoms with Crippen molar-refractivity contribution in [2.45, 2.75) is 39.0 Å². The Bertz CT molecular complexity index is 912. The van der Waals surface area contributed by atoms with E-state index in [-0.39, 0.29) is 24.3 Å². The fourth-order valence-electron chi connectivity index (χ4n) is 3.00. The topological polar surface area (TPSA) is 151 Å². The van der Waals surface area contributed by atoms with Crippen LogP contribution in [0.25, 0.3) is 0 Å². The van der Waals surface area contributed by atoms with Crippen molar-refractivity contribution < 1.29 is 60.1 Å². The summed E-state index contributed by atoms with van der Waals surface area (Å²) in [5.41, 5.74) is 1.28. The van der Waals surface area contributed by atoms with Gasteiger partial charge in [0, 0.05) is 6.61 Å². The van der Waals surface area contributed by atoms with Crippen molar-refractivity contribution in [3.63, 3.8) is 0 Å². The van der Waals surface area contributed by atoms with E-state index in [4.69, 9.17) is 51.7 Å². The van der Waals surface area contributed by atoms with E-state index < -0.39 is 10.1 Å². The number of aryl methyl sites for hydroxylation is 1. The first-order valence-electron chi connectivity index (χ1n) is 14.7. The van der Waals surface area contributed by atoms with Crippen molar-refractivity contribution in [1.29, 1.82) is 0 Å². The van der Waals surface area contributed by atoms with E-state index in [0.29, 0.717) is 97.9 Å². The van der Waals surface area contributed by atoms with Gasteiger partial charge in [-0.3, -0.25) is 4.18 Å². The Hall–Kier alpha value is -1.81. The Morgan fingerprint density at radius 2 is 0.795 bits per heavy atom. The van der Waals surface area contributed by atoms with Gasteiger partial charge in [-0.25, -0.2) is 0 Å². The molecule has 0 saturated carbocycles. The van der Waals surface area contributed by atoms with Crippen LogP contribution in [0.15, 0.2) is 29.2 Å². The maximum atomic E-state index is 12.1. The van der Waals surface area contributed by atoms with Crippen LogP contribution in [-0.4, -0.2) is 127 Å². The molecule has 1 rings (SSSR count). The highest BCUT2D eigenvalue weighted by molar-refractivity contribution is 7.86. The first-order chi connectivity index (χ1) is 21.1. The highest BCUT2D eigenvalue weighted by atomic mass is 32.2. The van der Waals surface area contributed by atoms with Gasteiger partial charge >= 0.3 is 6.15 Å². The third-order valence-electron chi connectivity index (χ3n) is 5.38. The average molecular weight is 653 g/mol. The molecule has 0 fully saturated rings. The van der Waals surface area contributed by atoms with Crippen molar-refractivity contribution in [3.05, 3.63) is 29.8 Å². The standard InChI is InChI=1S/C29H52O11S.CO2/c1-27-5-7-28(8-6-27)41(30,31)40-26-25-39-24-23-38-22-21-37-20-19-36-18-17-35-16-15-34-14-13-33-12-11-32-10-9-29(2,3)4;2-1-3/h5-8H,9-26H2,1-4H3;. The van der Waals surface area contributed by atoms with E-state index in [1.54, 1.807) is 12.1 Å². The summed E-state index contributed by atoms with van der Waals surface area (Å²) in [7, 11) is -3.77.